The van der Waals surface area contributed by atoms with E-state index in [2.05, 4.69) is 10.1 Å². The Bertz CT molecular complexity index is 776. The van der Waals surface area contributed by atoms with Crippen molar-refractivity contribution in [3.63, 3.8) is 0 Å². The second-order valence-electron chi connectivity index (χ2n) is 4.08. The lowest BCUT2D eigenvalue weighted by Gasteiger charge is -2.04. The van der Waals surface area contributed by atoms with Gasteiger partial charge in [0.15, 0.2) is 5.82 Å². The third-order valence-electron chi connectivity index (χ3n) is 2.61. The SMILES string of the molecule is Cn1cnc(COc2ccc3ccc(=O)oc3c2)n1. The van der Waals surface area contributed by atoms with E-state index < -0.39 is 0 Å². The van der Waals surface area contributed by atoms with Crippen molar-refractivity contribution in [1.29, 1.82) is 0 Å². The summed E-state index contributed by atoms with van der Waals surface area (Å²) in [6, 6.07) is 8.43. The Morgan fingerprint density at radius 1 is 1.32 bits per heavy atom. The predicted octanol–water partition coefficient (Wildman–Crippen LogP) is 1.50. The standard InChI is InChI=1S/C13H11N3O3/c1-16-8-14-12(15-16)7-18-10-4-2-9-3-5-13(17)19-11(9)6-10/h2-6,8H,7H2,1H3. The zero-order chi connectivity index (χ0) is 13.2. The van der Waals surface area contributed by atoms with Crippen molar-refractivity contribution in [2.45, 2.75) is 6.61 Å². The normalized spacial score (nSPS) is 10.8. The molecule has 2 heterocycles. The zero-order valence-corrected chi connectivity index (χ0v) is 10.2. The number of hydrogen-bond donors (Lipinski definition) is 0. The van der Waals surface area contributed by atoms with Gasteiger partial charge in [0.25, 0.3) is 0 Å². The van der Waals surface area contributed by atoms with Crippen molar-refractivity contribution in [3.05, 3.63) is 52.9 Å². The lowest BCUT2D eigenvalue weighted by Crippen LogP contribution is -1.99. The molecule has 96 valence electrons. The first-order valence-corrected chi connectivity index (χ1v) is 5.72. The molecule has 0 spiro atoms. The van der Waals surface area contributed by atoms with E-state index in [9.17, 15) is 4.79 Å². The molecule has 2 aromatic heterocycles. The molecule has 3 aromatic rings. The van der Waals surface area contributed by atoms with Gasteiger partial charge >= 0.3 is 5.63 Å². The molecule has 0 saturated heterocycles. The van der Waals surface area contributed by atoms with Crippen LogP contribution in [-0.4, -0.2) is 14.8 Å². The van der Waals surface area contributed by atoms with Crippen LogP contribution < -0.4 is 10.4 Å². The topological polar surface area (TPSA) is 70.2 Å². The molecule has 6 nitrogen and oxygen atoms in total. The molecule has 0 radical (unpaired) electrons. The van der Waals surface area contributed by atoms with Gasteiger partial charge in [-0.15, -0.1) is 0 Å². The molecule has 0 aliphatic carbocycles. The number of ether oxygens (including phenoxy) is 1. The minimum atomic E-state index is -0.379. The Hall–Kier alpha value is -2.63. The number of rotatable bonds is 3. The zero-order valence-electron chi connectivity index (χ0n) is 10.2. The molecule has 6 heteroatoms. The van der Waals surface area contributed by atoms with E-state index in [0.29, 0.717) is 17.2 Å². The van der Waals surface area contributed by atoms with Gasteiger partial charge in [0.05, 0.1) is 0 Å². The largest absolute Gasteiger partial charge is 0.485 e. The van der Waals surface area contributed by atoms with Crippen LogP contribution in [0.4, 0.5) is 0 Å². The van der Waals surface area contributed by atoms with Crippen molar-refractivity contribution >= 4 is 11.0 Å². The van der Waals surface area contributed by atoms with E-state index in [1.165, 1.54) is 6.07 Å². The van der Waals surface area contributed by atoms with Crippen molar-refractivity contribution < 1.29 is 9.15 Å². The highest BCUT2D eigenvalue weighted by atomic mass is 16.5. The number of fused-ring (bicyclic) bond motifs is 1. The minimum absolute atomic E-state index is 0.267. The third kappa shape index (κ3) is 2.47. The molecule has 0 amide bonds. The molecule has 0 aliphatic rings. The first-order valence-electron chi connectivity index (χ1n) is 5.72. The van der Waals surface area contributed by atoms with Gasteiger partial charge in [-0.1, -0.05) is 0 Å². The molecule has 0 bridgehead atoms. The van der Waals surface area contributed by atoms with Gasteiger partial charge in [-0.2, -0.15) is 5.10 Å². The van der Waals surface area contributed by atoms with Crippen molar-refractivity contribution in [3.8, 4) is 5.75 Å². The van der Waals surface area contributed by atoms with Gasteiger partial charge in [0.2, 0.25) is 0 Å². The van der Waals surface area contributed by atoms with Crippen molar-refractivity contribution in [2.24, 2.45) is 7.05 Å². The summed E-state index contributed by atoms with van der Waals surface area (Å²) in [5.74, 6) is 1.20. The smallest absolute Gasteiger partial charge is 0.336 e. The molecule has 0 atom stereocenters. The Labute approximate surface area is 108 Å². The van der Waals surface area contributed by atoms with Gasteiger partial charge in [-0.05, 0) is 18.2 Å². The molecule has 0 unspecified atom stereocenters. The molecule has 0 N–H and O–H groups in total. The second-order valence-corrected chi connectivity index (χ2v) is 4.08. The molecule has 0 aliphatic heterocycles. The highest BCUT2D eigenvalue weighted by Gasteiger charge is 2.03. The van der Waals surface area contributed by atoms with Gasteiger partial charge in [0, 0.05) is 24.6 Å². The van der Waals surface area contributed by atoms with Crippen LogP contribution in [0.25, 0.3) is 11.0 Å². The highest BCUT2D eigenvalue weighted by molar-refractivity contribution is 5.77. The van der Waals surface area contributed by atoms with E-state index in [4.69, 9.17) is 9.15 Å². The van der Waals surface area contributed by atoms with Gasteiger partial charge in [0.1, 0.15) is 24.3 Å². The molecule has 0 saturated carbocycles. The fraction of sp³-hybridized carbons (Fsp3) is 0.154. The van der Waals surface area contributed by atoms with E-state index in [1.807, 2.05) is 12.1 Å². The Morgan fingerprint density at radius 2 is 2.16 bits per heavy atom. The summed E-state index contributed by atoms with van der Waals surface area (Å²) in [5, 5.41) is 4.96. The number of aryl methyl sites for hydroxylation is 1. The summed E-state index contributed by atoms with van der Waals surface area (Å²) >= 11 is 0. The van der Waals surface area contributed by atoms with Crippen LogP contribution in [0.15, 0.2) is 45.9 Å². The van der Waals surface area contributed by atoms with E-state index in [1.54, 1.807) is 30.2 Å². The summed E-state index contributed by atoms with van der Waals surface area (Å²) in [7, 11) is 1.79. The van der Waals surface area contributed by atoms with Crippen LogP contribution >= 0.6 is 0 Å². The lowest BCUT2D eigenvalue weighted by molar-refractivity contribution is 0.295. The van der Waals surface area contributed by atoms with Crippen LogP contribution in [-0.2, 0) is 13.7 Å². The Morgan fingerprint density at radius 3 is 2.95 bits per heavy atom. The second kappa shape index (κ2) is 4.56. The summed E-state index contributed by atoms with van der Waals surface area (Å²) in [5.41, 5.74) is 0.120. The van der Waals surface area contributed by atoms with Crippen LogP contribution in [0.1, 0.15) is 5.82 Å². The van der Waals surface area contributed by atoms with Crippen LogP contribution in [0.2, 0.25) is 0 Å². The number of benzene rings is 1. The van der Waals surface area contributed by atoms with Gasteiger partial charge in [-0.3, -0.25) is 4.68 Å². The quantitative estimate of drug-likeness (QED) is 0.665. The summed E-state index contributed by atoms with van der Waals surface area (Å²) in [4.78, 5) is 15.2. The lowest BCUT2D eigenvalue weighted by atomic mass is 10.2. The molecule has 1 aromatic carbocycles. The molecule has 3 rings (SSSR count). The van der Waals surface area contributed by atoms with Crippen LogP contribution in [0.5, 0.6) is 5.75 Å². The molecular weight excluding hydrogens is 246 g/mol. The highest BCUT2D eigenvalue weighted by Crippen LogP contribution is 2.19. The summed E-state index contributed by atoms with van der Waals surface area (Å²) < 4.78 is 12.2. The molecular formula is C13H11N3O3. The first kappa shape index (κ1) is 11.5. The molecule has 0 fully saturated rings. The van der Waals surface area contributed by atoms with Gasteiger partial charge in [-0.25, -0.2) is 9.78 Å². The number of aromatic nitrogens is 3. The van der Waals surface area contributed by atoms with E-state index >= 15 is 0 Å². The maximum atomic E-state index is 11.1. The summed E-state index contributed by atoms with van der Waals surface area (Å²) in [6.45, 7) is 0.267. The average molecular weight is 257 g/mol. The number of hydrogen-bond acceptors (Lipinski definition) is 5. The fourth-order valence-corrected chi connectivity index (χ4v) is 1.73. The van der Waals surface area contributed by atoms with Crippen molar-refractivity contribution in [1.82, 2.24) is 14.8 Å². The maximum Gasteiger partial charge on any atom is 0.336 e. The average Bonchev–Trinajstić information content (AvgIpc) is 2.81. The van der Waals surface area contributed by atoms with Crippen LogP contribution in [0, 0.1) is 0 Å². The minimum Gasteiger partial charge on any atom is -0.485 e. The first-order chi connectivity index (χ1) is 9.20. The maximum absolute atomic E-state index is 11.1. The van der Waals surface area contributed by atoms with E-state index in [-0.39, 0.29) is 12.2 Å². The Kier molecular flexibility index (Phi) is 2.75. The molecule has 19 heavy (non-hydrogen) atoms. The van der Waals surface area contributed by atoms with E-state index in [0.717, 1.165) is 5.39 Å². The number of nitrogens with zero attached hydrogens (tertiary/aromatic N) is 3. The van der Waals surface area contributed by atoms with Crippen molar-refractivity contribution in [2.75, 3.05) is 0 Å². The fourth-order valence-electron chi connectivity index (χ4n) is 1.73. The third-order valence-corrected chi connectivity index (χ3v) is 2.61. The Balaban J connectivity index is 1.83. The predicted molar refractivity (Wildman–Crippen MR) is 67.8 cm³/mol. The van der Waals surface area contributed by atoms with Gasteiger partial charge < -0.3 is 9.15 Å². The van der Waals surface area contributed by atoms with Crippen LogP contribution in [0.3, 0.4) is 0 Å². The summed E-state index contributed by atoms with van der Waals surface area (Å²) in [6.07, 6.45) is 1.61. The monoisotopic (exact) mass is 257 g/mol.